The molecule has 9 heteroatoms. The van der Waals surface area contributed by atoms with E-state index < -0.39 is 28.5 Å². The summed E-state index contributed by atoms with van der Waals surface area (Å²) in [5, 5.41) is 20.0. The Labute approximate surface area is 111 Å². The van der Waals surface area contributed by atoms with E-state index in [9.17, 15) is 28.4 Å². The summed E-state index contributed by atoms with van der Waals surface area (Å²) in [5.74, 6) is -0.199. The Balaban J connectivity index is 3.47. The molecule has 0 fully saturated rings. The van der Waals surface area contributed by atoms with Crippen LogP contribution >= 0.6 is 0 Å². The van der Waals surface area contributed by atoms with Gasteiger partial charge in [-0.05, 0) is 13.0 Å². The van der Waals surface area contributed by atoms with E-state index >= 15 is 0 Å². The van der Waals surface area contributed by atoms with Gasteiger partial charge < -0.3 is 14.6 Å². The molecule has 0 aromatic heterocycles. The first-order chi connectivity index (χ1) is 9.22. The van der Waals surface area contributed by atoms with Gasteiger partial charge in [-0.2, -0.15) is 13.2 Å². The zero-order chi connectivity index (χ0) is 15.5. The number of hydrogen-bond donors (Lipinski definition) is 1. The van der Waals surface area contributed by atoms with Crippen LogP contribution in [0.3, 0.4) is 0 Å². The molecular weight excluding hydrogens is 283 g/mol. The van der Waals surface area contributed by atoms with Crippen molar-refractivity contribution in [3.05, 3.63) is 27.8 Å². The second kappa shape index (κ2) is 5.95. The Morgan fingerprint density at radius 1 is 1.40 bits per heavy atom. The molecule has 0 spiro atoms. The van der Waals surface area contributed by atoms with Crippen molar-refractivity contribution in [3.8, 4) is 11.5 Å². The zero-order valence-electron chi connectivity index (χ0n) is 10.6. The Hall–Kier alpha value is -2.03. The summed E-state index contributed by atoms with van der Waals surface area (Å²) >= 11 is 0. The molecule has 0 radical (unpaired) electrons. The van der Waals surface area contributed by atoms with E-state index in [1.165, 1.54) is 7.11 Å². The predicted octanol–water partition coefficient (Wildman–Crippen LogP) is 2.60. The third kappa shape index (κ3) is 3.29. The lowest BCUT2D eigenvalue weighted by Crippen LogP contribution is -2.21. The fourth-order valence-electron chi connectivity index (χ4n) is 1.55. The maximum absolute atomic E-state index is 12.5. The molecule has 6 nitrogen and oxygen atoms in total. The van der Waals surface area contributed by atoms with E-state index in [1.807, 2.05) is 0 Å². The molecule has 0 aliphatic heterocycles. The van der Waals surface area contributed by atoms with Crippen molar-refractivity contribution >= 4 is 5.69 Å². The molecule has 1 aromatic carbocycles. The van der Waals surface area contributed by atoms with Crippen molar-refractivity contribution in [1.29, 1.82) is 0 Å². The highest BCUT2D eigenvalue weighted by Crippen LogP contribution is 2.42. The van der Waals surface area contributed by atoms with Crippen molar-refractivity contribution in [2.24, 2.45) is 0 Å². The van der Waals surface area contributed by atoms with Gasteiger partial charge in [-0.3, -0.25) is 10.1 Å². The smallest absolute Gasteiger partial charge is 0.418 e. The van der Waals surface area contributed by atoms with Crippen LogP contribution in [0.4, 0.5) is 18.9 Å². The largest absolute Gasteiger partial charge is 0.493 e. The van der Waals surface area contributed by atoms with Crippen molar-refractivity contribution in [2.45, 2.75) is 19.2 Å². The van der Waals surface area contributed by atoms with E-state index in [2.05, 4.69) is 0 Å². The minimum atomic E-state index is -5.02. The third-order valence-electron chi connectivity index (χ3n) is 2.41. The van der Waals surface area contributed by atoms with E-state index in [0.717, 1.165) is 12.1 Å². The van der Waals surface area contributed by atoms with E-state index in [0.29, 0.717) is 0 Å². The van der Waals surface area contributed by atoms with Crippen LogP contribution in [0.15, 0.2) is 12.1 Å². The standard InChI is InChI=1S/C11H12F3NO5/c1-3-20-9-4-6(10(16)11(12,13)14)7(15(17)18)5-8(9)19-2/h4-5,10,16H,3H2,1-2H3. The molecule has 20 heavy (non-hydrogen) atoms. The first-order valence-corrected chi connectivity index (χ1v) is 5.46. The average molecular weight is 295 g/mol. The summed E-state index contributed by atoms with van der Waals surface area (Å²) in [7, 11) is 1.20. The van der Waals surface area contributed by atoms with Gasteiger partial charge in [0, 0.05) is 0 Å². The second-order valence-electron chi connectivity index (χ2n) is 3.70. The van der Waals surface area contributed by atoms with Crippen LogP contribution in [0, 0.1) is 10.1 Å². The normalized spacial score (nSPS) is 12.9. The zero-order valence-corrected chi connectivity index (χ0v) is 10.6. The molecule has 1 N–H and O–H groups in total. The number of methoxy groups -OCH3 is 1. The Morgan fingerprint density at radius 3 is 2.40 bits per heavy atom. The molecule has 0 saturated heterocycles. The van der Waals surface area contributed by atoms with Crippen molar-refractivity contribution in [3.63, 3.8) is 0 Å². The van der Waals surface area contributed by atoms with Gasteiger partial charge >= 0.3 is 6.18 Å². The number of rotatable bonds is 5. The quantitative estimate of drug-likeness (QED) is 0.667. The summed E-state index contributed by atoms with van der Waals surface area (Å²) in [6.07, 6.45) is -8.00. The lowest BCUT2D eigenvalue weighted by Gasteiger charge is -2.17. The Morgan fingerprint density at radius 2 is 2.00 bits per heavy atom. The summed E-state index contributed by atoms with van der Waals surface area (Å²) in [5.41, 5.74) is -1.79. The van der Waals surface area contributed by atoms with Gasteiger partial charge in [0.25, 0.3) is 5.69 Å². The molecule has 112 valence electrons. The number of nitrogens with zero attached hydrogens (tertiary/aromatic N) is 1. The van der Waals surface area contributed by atoms with Gasteiger partial charge in [-0.1, -0.05) is 0 Å². The van der Waals surface area contributed by atoms with Crippen molar-refractivity contribution < 1.29 is 32.7 Å². The molecule has 0 saturated carbocycles. The minimum Gasteiger partial charge on any atom is -0.493 e. The molecule has 1 aromatic rings. The lowest BCUT2D eigenvalue weighted by atomic mass is 10.1. The number of alkyl halides is 3. The molecule has 1 atom stereocenters. The highest BCUT2D eigenvalue weighted by molar-refractivity contribution is 5.55. The van der Waals surface area contributed by atoms with E-state index in [-0.39, 0.29) is 18.1 Å². The number of aliphatic hydroxyl groups is 1. The number of ether oxygens (including phenoxy) is 2. The monoisotopic (exact) mass is 295 g/mol. The molecule has 0 aliphatic rings. The average Bonchev–Trinajstić information content (AvgIpc) is 2.36. The molecule has 1 unspecified atom stereocenters. The lowest BCUT2D eigenvalue weighted by molar-refractivity contribution is -0.387. The summed E-state index contributed by atoms with van der Waals surface area (Å²) in [6, 6.07) is 1.55. The first-order valence-electron chi connectivity index (χ1n) is 5.46. The number of nitro groups is 1. The van der Waals surface area contributed by atoms with Crippen molar-refractivity contribution in [2.75, 3.05) is 13.7 Å². The topological polar surface area (TPSA) is 81.8 Å². The summed E-state index contributed by atoms with van der Waals surface area (Å²) < 4.78 is 47.5. The number of aliphatic hydroxyl groups excluding tert-OH is 1. The Kier molecular flexibility index (Phi) is 4.77. The van der Waals surface area contributed by atoms with Gasteiger partial charge in [0.2, 0.25) is 0 Å². The van der Waals surface area contributed by atoms with Crippen LogP contribution in [0.25, 0.3) is 0 Å². The van der Waals surface area contributed by atoms with Gasteiger partial charge in [-0.15, -0.1) is 0 Å². The minimum absolute atomic E-state index is 0.0864. The fraction of sp³-hybridized carbons (Fsp3) is 0.455. The second-order valence-corrected chi connectivity index (χ2v) is 3.70. The van der Waals surface area contributed by atoms with Crippen LogP contribution < -0.4 is 9.47 Å². The number of halogens is 3. The van der Waals surface area contributed by atoms with Gasteiger partial charge in [0.05, 0.1) is 30.3 Å². The SMILES string of the molecule is CCOc1cc(C(O)C(F)(F)F)c([N+](=O)[O-])cc1OC. The van der Waals surface area contributed by atoms with Gasteiger partial charge in [0.1, 0.15) is 0 Å². The van der Waals surface area contributed by atoms with Crippen LogP contribution in [-0.4, -0.2) is 29.9 Å². The van der Waals surface area contributed by atoms with E-state index in [4.69, 9.17) is 9.47 Å². The van der Waals surface area contributed by atoms with Crippen LogP contribution in [-0.2, 0) is 0 Å². The predicted molar refractivity (Wildman–Crippen MR) is 61.8 cm³/mol. The van der Waals surface area contributed by atoms with E-state index in [1.54, 1.807) is 6.92 Å². The molecule has 0 aliphatic carbocycles. The van der Waals surface area contributed by atoms with Gasteiger partial charge in [0.15, 0.2) is 17.6 Å². The number of hydrogen-bond acceptors (Lipinski definition) is 5. The summed E-state index contributed by atoms with van der Waals surface area (Å²) in [4.78, 5) is 9.80. The maximum Gasteiger partial charge on any atom is 0.418 e. The Bertz CT molecular complexity index is 504. The highest BCUT2D eigenvalue weighted by atomic mass is 19.4. The molecular formula is C11H12F3NO5. The molecule has 0 amide bonds. The summed E-state index contributed by atoms with van der Waals surface area (Å²) in [6.45, 7) is 1.70. The van der Waals surface area contributed by atoms with Crippen molar-refractivity contribution in [1.82, 2.24) is 0 Å². The number of nitro benzene ring substituents is 1. The third-order valence-corrected chi connectivity index (χ3v) is 2.41. The maximum atomic E-state index is 12.5. The van der Waals surface area contributed by atoms with Crippen LogP contribution in [0.2, 0.25) is 0 Å². The van der Waals surface area contributed by atoms with Gasteiger partial charge in [-0.25, -0.2) is 0 Å². The fourth-order valence-corrected chi connectivity index (χ4v) is 1.55. The molecule has 0 bridgehead atoms. The highest BCUT2D eigenvalue weighted by Gasteiger charge is 2.43. The number of benzene rings is 1. The molecule has 1 rings (SSSR count). The van der Waals surface area contributed by atoms with Crippen LogP contribution in [0.1, 0.15) is 18.6 Å². The van der Waals surface area contributed by atoms with Crippen LogP contribution in [0.5, 0.6) is 11.5 Å². The first kappa shape index (κ1) is 16.0. The molecule has 0 heterocycles.